The summed E-state index contributed by atoms with van der Waals surface area (Å²) in [6, 6.07) is 0.625. The highest BCUT2D eigenvalue weighted by Gasteiger charge is 2.23. The van der Waals surface area contributed by atoms with Gasteiger partial charge in [0.25, 0.3) is 0 Å². The average Bonchev–Trinajstić information content (AvgIpc) is 2.73. The molecule has 0 bridgehead atoms. The second-order valence-electron chi connectivity index (χ2n) is 5.20. The molecular formula is C13H23N3S. The van der Waals surface area contributed by atoms with Crippen molar-refractivity contribution in [2.75, 3.05) is 11.4 Å². The van der Waals surface area contributed by atoms with Gasteiger partial charge in [0.05, 0.1) is 5.69 Å². The maximum absolute atomic E-state index is 5.82. The number of hydrogen-bond donors (Lipinski definition) is 1. The van der Waals surface area contributed by atoms with Crippen molar-refractivity contribution >= 4 is 16.5 Å². The minimum absolute atomic E-state index is 0.471. The summed E-state index contributed by atoms with van der Waals surface area (Å²) in [5.74, 6) is 0.471. The number of nitrogens with zero attached hydrogens (tertiary/aromatic N) is 2. The Hall–Kier alpha value is -0.610. The van der Waals surface area contributed by atoms with Crippen molar-refractivity contribution in [3.8, 4) is 0 Å². The van der Waals surface area contributed by atoms with Crippen molar-refractivity contribution in [3.05, 3.63) is 10.6 Å². The first-order valence-electron chi connectivity index (χ1n) is 6.59. The molecule has 96 valence electrons. The summed E-state index contributed by atoms with van der Waals surface area (Å²) in [5, 5.41) is 1.18. The van der Waals surface area contributed by atoms with Gasteiger partial charge in [-0.25, -0.2) is 4.98 Å². The first kappa shape index (κ1) is 12.8. The van der Waals surface area contributed by atoms with Gasteiger partial charge in [-0.3, -0.25) is 0 Å². The number of piperidine rings is 1. The van der Waals surface area contributed by atoms with Crippen LogP contribution in [-0.2, 0) is 6.54 Å². The van der Waals surface area contributed by atoms with E-state index in [9.17, 15) is 0 Å². The van der Waals surface area contributed by atoms with Crippen molar-refractivity contribution in [1.29, 1.82) is 0 Å². The Morgan fingerprint density at radius 2 is 2.24 bits per heavy atom. The summed E-state index contributed by atoms with van der Waals surface area (Å²) in [6.07, 6.45) is 3.93. The summed E-state index contributed by atoms with van der Waals surface area (Å²) in [6.45, 7) is 8.45. The van der Waals surface area contributed by atoms with Gasteiger partial charge in [-0.05, 0) is 32.1 Å². The van der Waals surface area contributed by atoms with Crippen molar-refractivity contribution < 1.29 is 0 Å². The van der Waals surface area contributed by atoms with Crippen LogP contribution in [0.2, 0.25) is 0 Å². The molecule has 2 N–H and O–H groups in total. The molecule has 0 radical (unpaired) electrons. The molecule has 1 aromatic rings. The molecule has 2 heterocycles. The fraction of sp³-hybridized carbons (Fsp3) is 0.769. The zero-order valence-electron chi connectivity index (χ0n) is 11.1. The van der Waals surface area contributed by atoms with E-state index in [4.69, 9.17) is 10.7 Å². The van der Waals surface area contributed by atoms with E-state index in [1.54, 1.807) is 11.3 Å². The SMILES string of the molecule is CC(C)c1nc(N2CCCCC2C)sc1CN. The lowest BCUT2D eigenvalue weighted by Gasteiger charge is -2.33. The second kappa shape index (κ2) is 5.36. The summed E-state index contributed by atoms with van der Waals surface area (Å²) >= 11 is 1.79. The smallest absolute Gasteiger partial charge is 0.186 e. The molecule has 1 fully saturated rings. The van der Waals surface area contributed by atoms with Gasteiger partial charge in [0.15, 0.2) is 5.13 Å². The molecule has 0 saturated carbocycles. The third kappa shape index (κ3) is 2.63. The van der Waals surface area contributed by atoms with Crippen LogP contribution in [0.1, 0.15) is 56.5 Å². The summed E-state index contributed by atoms with van der Waals surface area (Å²) in [4.78, 5) is 8.53. The van der Waals surface area contributed by atoms with Crippen LogP contribution in [0.3, 0.4) is 0 Å². The van der Waals surface area contributed by atoms with Crippen LogP contribution in [-0.4, -0.2) is 17.6 Å². The van der Waals surface area contributed by atoms with Crippen LogP contribution in [0.5, 0.6) is 0 Å². The zero-order chi connectivity index (χ0) is 12.4. The van der Waals surface area contributed by atoms with E-state index in [2.05, 4.69) is 25.7 Å². The molecule has 1 unspecified atom stereocenters. The molecule has 17 heavy (non-hydrogen) atoms. The molecule has 1 saturated heterocycles. The van der Waals surface area contributed by atoms with E-state index >= 15 is 0 Å². The van der Waals surface area contributed by atoms with Gasteiger partial charge in [-0.2, -0.15) is 0 Å². The molecule has 0 aromatic carbocycles. The summed E-state index contributed by atoms with van der Waals surface area (Å²) < 4.78 is 0. The fourth-order valence-electron chi connectivity index (χ4n) is 2.45. The average molecular weight is 253 g/mol. The Balaban J connectivity index is 2.26. The third-order valence-electron chi connectivity index (χ3n) is 3.50. The predicted molar refractivity (Wildman–Crippen MR) is 74.8 cm³/mol. The minimum Gasteiger partial charge on any atom is -0.345 e. The molecule has 3 nitrogen and oxygen atoms in total. The first-order chi connectivity index (χ1) is 8.13. The van der Waals surface area contributed by atoms with Crippen LogP contribution in [0, 0.1) is 0 Å². The Labute approximate surface area is 108 Å². The summed E-state index contributed by atoms with van der Waals surface area (Å²) in [5.41, 5.74) is 7.02. The van der Waals surface area contributed by atoms with Crippen molar-refractivity contribution in [3.63, 3.8) is 0 Å². The first-order valence-corrected chi connectivity index (χ1v) is 7.41. The molecule has 1 atom stereocenters. The van der Waals surface area contributed by atoms with Crippen molar-refractivity contribution in [2.45, 2.75) is 58.5 Å². The Morgan fingerprint density at radius 3 is 2.76 bits per heavy atom. The van der Waals surface area contributed by atoms with Crippen molar-refractivity contribution in [1.82, 2.24) is 4.98 Å². The number of hydrogen-bond acceptors (Lipinski definition) is 4. The van der Waals surface area contributed by atoms with Crippen molar-refractivity contribution in [2.24, 2.45) is 5.73 Å². The van der Waals surface area contributed by atoms with Gasteiger partial charge in [0.1, 0.15) is 0 Å². The number of thiazole rings is 1. The molecule has 1 aliphatic rings. The van der Waals surface area contributed by atoms with E-state index in [-0.39, 0.29) is 0 Å². The zero-order valence-corrected chi connectivity index (χ0v) is 11.9. The van der Waals surface area contributed by atoms with Gasteiger partial charge < -0.3 is 10.6 Å². The highest BCUT2D eigenvalue weighted by Crippen LogP contribution is 2.33. The number of nitrogens with two attached hydrogens (primary N) is 1. The normalized spacial score (nSPS) is 21.2. The van der Waals surface area contributed by atoms with Gasteiger partial charge >= 0.3 is 0 Å². The third-order valence-corrected chi connectivity index (χ3v) is 4.63. The van der Waals surface area contributed by atoms with E-state index in [1.807, 2.05) is 0 Å². The quantitative estimate of drug-likeness (QED) is 0.900. The van der Waals surface area contributed by atoms with Gasteiger partial charge in [-0.15, -0.1) is 11.3 Å². The monoisotopic (exact) mass is 253 g/mol. The maximum Gasteiger partial charge on any atom is 0.186 e. The highest BCUT2D eigenvalue weighted by atomic mass is 32.1. The highest BCUT2D eigenvalue weighted by molar-refractivity contribution is 7.15. The van der Waals surface area contributed by atoms with Crippen LogP contribution in [0.25, 0.3) is 0 Å². The lowest BCUT2D eigenvalue weighted by atomic mass is 10.0. The molecule has 0 aliphatic carbocycles. The second-order valence-corrected chi connectivity index (χ2v) is 6.26. The fourth-order valence-corrected chi connectivity index (χ4v) is 3.68. The molecule has 2 rings (SSSR count). The molecular weight excluding hydrogens is 230 g/mol. The van der Waals surface area contributed by atoms with Gasteiger partial charge in [0, 0.05) is 24.0 Å². The van der Waals surface area contributed by atoms with Crippen LogP contribution in [0.4, 0.5) is 5.13 Å². The largest absolute Gasteiger partial charge is 0.345 e. The number of rotatable bonds is 3. The van der Waals surface area contributed by atoms with E-state index in [0.29, 0.717) is 18.5 Å². The Morgan fingerprint density at radius 1 is 1.47 bits per heavy atom. The molecule has 1 aliphatic heterocycles. The molecule has 0 spiro atoms. The maximum atomic E-state index is 5.82. The molecule has 0 amide bonds. The Bertz CT molecular complexity index is 373. The van der Waals surface area contributed by atoms with E-state index < -0.39 is 0 Å². The van der Waals surface area contributed by atoms with E-state index in [0.717, 1.165) is 6.54 Å². The molecule has 4 heteroatoms. The number of anilines is 1. The van der Waals surface area contributed by atoms with Crippen LogP contribution < -0.4 is 10.6 Å². The molecule has 1 aromatic heterocycles. The van der Waals surface area contributed by atoms with E-state index in [1.165, 1.54) is 35.0 Å². The van der Waals surface area contributed by atoms with Crippen LogP contribution in [0.15, 0.2) is 0 Å². The van der Waals surface area contributed by atoms with Gasteiger partial charge in [0.2, 0.25) is 0 Å². The Kier molecular flexibility index (Phi) is 4.05. The lowest BCUT2D eigenvalue weighted by molar-refractivity contribution is 0.483. The standard InChI is InChI=1S/C13H23N3S/c1-9(2)12-11(8-14)17-13(15-12)16-7-5-4-6-10(16)3/h9-10H,4-8,14H2,1-3H3. The number of aromatic nitrogens is 1. The topological polar surface area (TPSA) is 42.2 Å². The van der Waals surface area contributed by atoms with Crippen LogP contribution >= 0.6 is 11.3 Å². The lowest BCUT2D eigenvalue weighted by Crippen LogP contribution is -2.37. The van der Waals surface area contributed by atoms with Gasteiger partial charge in [-0.1, -0.05) is 13.8 Å². The predicted octanol–water partition coefficient (Wildman–Crippen LogP) is 3.10. The minimum atomic E-state index is 0.471. The summed E-state index contributed by atoms with van der Waals surface area (Å²) in [7, 11) is 0.